The van der Waals surface area contributed by atoms with E-state index in [4.69, 9.17) is 15.2 Å². The number of piperidine rings is 1. The molecular formula is C16H21FN4O2. The molecule has 0 atom stereocenters. The smallest absolute Gasteiger partial charge is 0.156 e. The highest BCUT2D eigenvalue weighted by Gasteiger charge is 2.29. The average Bonchev–Trinajstić information content (AvgIpc) is 2.87. The molecular weight excluding hydrogens is 299 g/mol. The quantitative estimate of drug-likeness (QED) is 0.898. The fourth-order valence-corrected chi connectivity index (χ4v) is 3.32. The number of aromatic nitrogens is 2. The number of rotatable bonds is 4. The Morgan fingerprint density at radius 3 is 2.83 bits per heavy atom. The van der Waals surface area contributed by atoms with Crippen LogP contribution in [0.2, 0.25) is 0 Å². The van der Waals surface area contributed by atoms with Gasteiger partial charge in [-0.3, -0.25) is 10.00 Å². The number of hydrogen-bond acceptors (Lipinski definition) is 5. The van der Waals surface area contributed by atoms with Crippen LogP contribution in [0.25, 0.3) is 10.9 Å². The second-order valence-corrected chi connectivity index (χ2v) is 6.42. The Morgan fingerprint density at radius 2 is 2.13 bits per heavy atom. The molecule has 2 aliphatic rings. The van der Waals surface area contributed by atoms with E-state index in [1.165, 1.54) is 6.07 Å². The van der Waals surface area contributed by atoms with Crippen molar-refractivity contribution >= 4 is 16.7 Å². The molecule has 4 rings (SSSR count). The second kappa shape index (κ2) is 5.98. The molecule has 2 fully saturated rings. The van der Waals surface area contributed by atoms with Gasteiger partial charge < -0.3 is 15.2 Å². The Bertz CT molecular complexity index is 693. The molecule has 0 spiro atoms. The van der Waals surface area contributed by atoms with Crippen LogP contribution in [0.5, 0.6) is 5.75 Å². The first-order valence-electron chi connectivity index (χ1n) is 8.08. The highest BCUT2D eigenvalue weighted by atomic mass is 19.1. The number of likely N-dealkylation sites (tertiary alicyclic amines) is 1. The summed E-state index contributed by atoms with van der Waals surface area (Å²) in [5, 5.41) is 6.88. The molecule has 0 amide bonds. The number of halogens is 1. The summed E-state index contributed by atoms with van der Waals surface area (Å²) in [5.74, 6) is 0.811. The Morgan fingerprint density at radius 1 is 1.35 bits per heavy atom. The zero-order chi connectivity index (χ0) is 15.8. The van der Waals surface area contributed by atoms with Crippen molar-refractivity contribution in [3.05, 3.63) is 17.9 Å². The molecule has 1 aromatic carbocycles. The van der Waals surface area contributed by atoms with Crippen LogP contribution in [-0.4, -0.2) is 54.0 Å². The van der Waals surface area contributed by atoms with Gasteiger partial charge in [-0.1, -0.05) is 0 Å². The van der Waals surface area contributed by atoms with E-state index in [2.05, 4.69) is 15.1 Å². The number of nitrogens with one attached hydrogen (secondary N) is 1. The number of nitrogen functional groups attached to an aromatic ring is 1. The van der Waals surface area contributed by atoms with Gasteiger partial charge in [0, 0.05) is 12.1 Å². The van der Waals surface area contributed by atoms with Crippen LogP contribution in [0.1, 0.15) is 12.8 Å². The number of fused-ring (bicyclic) bond motifs is 1. The van der Waals surface area contributed by atoms with Crippen LogP contribution in [0.3, 0.4) is 0 Å². The first kappa shape index (κ1) is 14.7. The van der Waals surface area contributed by atoms with E-state index in [1.54, 1.807) is 6.07 Å². The van der Waals surface area contributed by atoms with Gasteiger partial charge in [0.15, 0.2) is 5.82 Å². The largest absolute Gasteiger partial charge is 0.493 e. The highest BCUT2D eigenvalue weighted by Crippen LogP contribution is 2.28. The van der Waals surface area contributed by atoms with Crippen molar-refractivity contribution in [3.8, 4) is 5.75 Å². The van der Waals surface area contributed by atoms with Gasteiger partial charge in [-0.15, -0.1) is 0 Å². The number of aromatic amines is 1. The summed E-state index contributed by atoms with van der Waals surface area (Å²) in [6.45, 7) is 4.53. The fourth-order valence-electron chi connectivity index (χ4n) is 3.32. The first-order chi connectivity index (χ1) is 11.2. The zero-order valence-corrected chi connectivity index (χ0v) is 12.9. The van der Waals surface area contributed by atoms with Crippen LogP contribution in [-0.2, 0) is 4.74 Å². The summed E-state index contributed by atoms with van der Waals surface area (Å²) in [6.07, 6.45) is 2.22. The Kier molecular flexibility index (Phi) is 3.82. The molecule has 124 valence electrons. The van der Waals surface area contributed by atoms with Crippen LogP contribution in [0.15, 0.2) is 12.1 Å². The lowest BCUT2D eigenvalue weighted by molar-refractivity contribution is -0.0750. The molecule has 3 heterocycles. The maximum absolute atomic E-state index is 14.1. The van der Waals surface area contributed by atoms with Crippen LogP contribution in [0, 0.1) is 11.7 Å². The molecule has 7 heteroatoms. The number of H-pyrrole nitrogens is 1. The molecule has 1 aromatic heterocycles. The van der Waals surface area contributed by atoms with E-state index in [1.807, 2.05) is 0 Å². The molecule has 2 aliphatic heterocycles. The number of nitrogens with zero attached hydrogens (tertiary/aromatic N) is 2. The molecule has 6 nitrogen and oxygen atoms in total. The van der Waals surface area contributed by atoms with E-state index in [0.717, 1.165) is 39.1 Å². The van der Waals surface area contributed by atoms with E-state index < -0.39 is 5.82 Å². The van der Waals surface area contributed by atoms with E-state index >= 15 is 0 Å². The minimum atomic E-state index is -0.399. The molecule has 0 saturated carbocycles. The SMILES string of the molecule is Nc1n[nH]c2cc(OCC3CCN(C4COC4)CC3)cc(F)c12. The summed E-state index contributed by atoms with van der Waals surface area (Å²) < 4.78 is 25.1. The number of nitrogens with two attached hydrogens (primary N) is 1. The standard InChI is InChI=1S/C16H21FN4O2/c17-13-5-12(6-14-15(13)16(18)20-19-14)23-7-10-1-3-21(4-2-10)11-8-22-9-11/h5-6,10-11H,1-4,7-9H2,(H3,18,19,20). The summed E-state index contributed by atoms with van der Waals surface area (Å²) in [4.78, 5) is 2.50. The number of hydrogen-bond donors (Lipinski definition) is 2. The van der Waals surface area contributed by atoms with Gasteiger partial charge in [0.2, 0.25) is 0 Å². The van der Waals surface area contributed by atoms with Gasteiger partial charge in [-0.2, -0.15) is 5.10 Å². The molecule has 2 saturated heterocycles. The van der Waals surface area contributed by atoms with E-state index in [9.17, 15) is 4.39 Å². The Balaban J connectivity index is 1.34. The van der Waals surface area contributed by atoms with Crippen LogP contribution in [0.4, 0.5) is 10.2 Å². The molecule has 3 N–H and O–H groups in total. The predicted octanol–water partition coefficient (Wildman–Crippen LogP) is 1.77. The number of ether oxygens (including phenoxy) is 2. The molecule has 0 aliphatic carbocycles. The predicted molar refractivity (Wildman–Crippen MR) is 84.9 cm³/mol. The van der Waals surface area contributed by atoms with Crippen molar-refractivity contribution in [1.29, 1.82) is 0 Å². The minimum Gasteiger partial charge on any atom is -0.493 e. The number of anilines is 1. The average molecular weight is 320 g/mol. The van der Waals surface area contributed by atoms with Crippen molar-refractivity contribution in [1.82, 2.24) is 15.1 Å². The third kappa shape index (κ3) is 2.86. The first-order valence-corrected chi connectivity index (χ1v) is 8.08. The van der Waals surface area contributed by atoms with Crippen LogP contribution < -0.4 is 10.5 Å². The third-order valence-corrected chi connectivity index (χ3v) is 4.89. The van der Waals surface area contributed by atoms with Crippen molar-refractivity contribution < 1.29 is 13.9 Å². The monoisotopic (exact) mass is 320 g/mol. The lowest BCUT2D eigenvalue weighted by atomic mass is 9.96. The maximum Gasteiger partial charge on any atom is 0.156 e. The van der Waals surface area contributed by atoms with Gasteiger partial charge >= 0.3 is 0 Å². The molecule has 0 radical (unpaired) electrons. The molecule has 23 heavy (non-hydrogen) atoms. The van der Waals surface area contributed by atoms with E-state index in [-0.39, 0.29) is 5.82 Å². The lowest BCUT2D eigenvalue weighted by Crippen LogP contribution is -2.52. The summed E-state index contributed by atoms with van der Waals surface area (Å²) in [6, 6.07) is 3.75. The highest BCUT2D eigenvalue weighted by molar-refractivity contribution is 5.90. The summed E-state index contributed by atoms with van der Waals surface area (Å²) in [7, 11) is 0. The van der Waals surface area contributed by atoms with Crippen molar-refractivity contribution in [3.63, 3.8) is 0 Å². The Hall–Kier alpha value is -1.86. The molecule has 0 bridgehead atoms. The lowest BCUT2D eigenvalue weighted by Gasteiger charge is -2.41. The van der Waals surface area contributed by atoms with Crippen molar-refractivity contribution in [2.45, 2.75) is 18.9 Å². The van der Waals surface area contributed by atoms with Gasteiger partial charge in [-0.05, 0) is 31.8 Å². The topological polar surface area (TPSA) is 76.4 Å². The van der Waals surface area contributed by atoms with Gasteiger partial charge in [0.1, 0.15) is 11.6 Å². The fraction of sp³-hybridized carbons (Fsp3) is 0.562. The maximum atomic E-state index is 14.1. The minimum absolute atomic E-state index is 0.177. The van der Waals surface area contributed by atoms with Gasteiger partial charge in [0.05, 0.1) is 36.8 Å². The summed E-state index contributed by atoms with van der Waals surface area (Å²) >= 11 is 0. The number of benzene rings is 1. The molecule has 2 aromatic rings. The summed E-state index contributed by atoms with van der Waals surface area (Å²) in [5.41, 5.74) is 6.20. The normalized spacial score (nSPS) is 20.7. The Labute approximate surface area is 133 Å². The van der Waals surface area contributed by atoms with Crippen LogP contribution >= 0.6 is 0 Å². The van der Waals surface area contributed by atoms with Crippen molar-refractivity contribution in [2.24, 2.45) is 5.92 Å². The molecule has 0 unspecified atom stereocenters. The third-order valence-electron chi connectivity index (χ3n) is 4.89. The second-order valence-electron chi connectivity index (χ2n) is 6.42. The van der Waals surface area contributed by atoms with E-state index in [0.29, 0.717) is 35.2 Å². The van der Waals surface area contributed by atoms with Gasteiger partial charge in [-0.25, -0.2) is 4.39 Å². The zero-order valence-electron chi connectivity index (χ0n) is 12.9. The van der Waals surface area contributed by atoms with Crippen molar-refractivity contribution in [2.75, 3.05) is 38.6 Å². The van der Waals surface area contributed by atoms with Gasteiger partial charge in [0.25, 0.3) is 0 Å².